The highest BCUT2D eigenvalue weighted by atomic mass is 32.2. The summed E-state index contributed by atoms with van der Waals surface area (Å²) in [6.07, 6.45) is 3.62. The molecule has 2 heterocycles. The van der Waals surface area contributed by atoms with E-state index in [0.29, 0.717) is 17.8 Å². The maximum Gasteiger partial charge on any atom is 0.285 e. The number of hydrogen-bond acceptors (Lipinski definition) is 5. The first-order chi connectivity index (χ1) is 13.8. The van der Waals surface area contributed by atoms with Crippen LogP contribution in [0.3, 0.4) is 0 Å². The molecular formula is C20H23N3O4S2. The van der Waals surface area contributed by atoms with Gasteiger partial charge in [0.2, 0.25) is 10.0 Å². The van der Waals surface area contributed by atoms with Gasteiger partial charge in [0.15, 0.2) is 5.84 Å². The standard InChI is InChI=1S/C20H23N3O4S2/c1-2-16-7-5-6-14-23(16)29(26,27)17-12-10-15(11-13-17)21-20-18-8-3-4-9-19(18)28(24,25)22-20/h3-4,8-13,16H,2,5-7,14H2,1H3,(H,21,22). The smallest absolute Gasteiger partial charge is 0.285 e. The number of hydrogen-bond donors (Lipinski definition) is 1. The van der Waals surface area contributed by atoms with Crippen LogP contribution in [-0.2, 0) is 20.0 Å². The van der Waals surface area contributed by atoms with Crippen molar-refractivity contribution < 1.29 is 16.8 Å². The normalized spacial score (nSPS) is 21.4. The Hall–Kier alpha value is -2.23. The number of fused-ring (bicyclic) bond motifs is 1. The Morgan fingerprint density at radius 3 is 2.55 bits per heavy atom. The summed E-state index contributed by atoms with van der Waals surface area (Å²) in [6, 6.07) is 13.0. The van der Waals surface area contributed by atoms with E-state index >= 15 is 0 Å². The number of sulfonamides is 2. The lowest BCUT2D eigenvalue weighted by Gasteiger charge is -2.34. The number of rotatable bonds is 4. The summed E-state index contributed by atoms with van der Waals surface area (Å²) in [5.74, 6) is 0.235. The lowest BCUT2D eigenvalue weighted by molar-refractivity contribution is 0.246. The monoisotopic (exact) mass is 433 g/mol. The molecule has 1 atom stereocenters. The Balaban J connectivity index is 1.58. The zero-order chi connectivity index (χ0) is 20.6. The molecule has 154 valence electrons. The third-order valence-electron chi connectivity index (χ3n) is 5.40. The van der Waals surface area contributed by atoms with Gasteiger partial charge >= 0.3 is 0 Å². The molecule has 2 aliphatic heterocycles. The van der Waals surface area contributed by atoms with E-state index in [0.717, 1.165) is 25.7 Å². The third-order valence-corrected chi connectivity index (χ3v) is 8.70. The second-order valence-corrected chi connectivity index (χ2v) is 10.7. The van der Waals surface area contributed by atoms with Gasteiger partial charge in [-0.1, -0.05) is 25.5 Å². The van der Waals surface area contributed by atoms with E-state index in [1.54, 1.807) is 46.8 Å². The van der Waals surface area contributed by atoms with E-state index in [9.17, 15) is 16.8 Å². The van der Waals surface area contributed by atoms with Crippen molar-refractivity contribution >= 4 is 31.6 Å². The van der Waals surface area contributed by atoms with Gasteiger partial charge in [-0.15, -0.1) is 4.40 Å². The third kappa shape index (κ3) is 3.70. The summed E-state index contributed by atoms with van der Waals surface area (Å²) in [5, 5.41) is 2.99. The van der Waals surface area contributed by atoms with E-state index in [-0.39, 0.29) is 21.7 Å². The Morgan fingerprint density at radius 2 is 1.83 bits per heavy atom. The van der Waals surface area contributed by atoms with Crippen LogP contribution in [-0.4, -0.2) is 39.6 Å². The summed E-state index contributed by atoms with van der Waals surface area (Å²) in [4.78, 5) is 0.405. The van der Waals surface area contributed by atoms with Gasteiger partial charge in [0.1, 0.15) is 4.90 Å². The number of anilines is 1. The van der Waals surface area contributed by atoms with Crippen molar-refractivity contribution in [1.82, 2.24) is 4.31 Å². The van der Waals surface area contributed by atoms with Gasteiger partial charge in [0.25, 0.3) is 10.0 Å². The fraction of sp³-hybridized carbons (Fsp3) is 0.350. The zero-order valence-electron chi connectivity index (χ0n) is 16.1. The highest BCUT2D eigenvalue weighted by Crippen LogP contribution is 2.29. The number of nitrogens with zero attached hydrogens (tertiary/aromatic N) is 2. The van der Waals surface area contributed by atoms with Crippen molar-refractivity contribution in [3.05, 3.63) is 54.1 Å². The molecule has 1 saturated heterocycles. The van der Waals surface area contributed by atoms with Crippen LogP contribution in [0, 0.1) is 0 Å². The predicted octanol–water partition coefficient (Wildman–Crippen LogP) is 3.20. The second kappa shape index (κ2) is 7.55. The Bertz CT molecular complexity index is 1160. The van der Waals surface area contributed by atoms with E-state index < -0.39 is 20.0 Å². The Morgan fingerprint density at radius 1 is 1.10 bits per heavy atom. The van der Waals surface area contributed by atoms with E-state index in [4.69, 9.17) is 0 Å². The summed E-state index contributed by atoms with van der Waals surface area (Å²) >= 11 is 0. The molecule has 0 spiro atoms. The predicted molar refractivity (Wildman–Crippen MR) is 112 cm³/mol. The topological polar surface area (TPSA) is 95.9 Å². The van der Waals surface area contributed by atoms with Crippen molar-refractivity contribution in [3.8, 4) is 0 Å². The minimum atomic E-state index is -3.71. The van der Waals surface area contributed by atoms with Crippen molar-refractivity contribution in [2.75, 3.05) is 11.9 Å². The first-order valence-corrected chi connectivity index (χ1v) is 12.5. The average molecular weight is 434 g/mol. The SMILES string of the molecule is CCC1CCCCN1S(=O)(=O)c1ccc(NC2=NS(=O)(=O)c3ccccc32)cc1. The van der Waals surface area contributed by atoms with Crippen LogP contribution < -0.4 is 5.32 Å². The quantitative estimate of drug-likeness (QED) is 0.799. The molecular weight excluding hydrogens is 410 g/mol. The van der Waals surface area contributed by atoms with Gasteiger partial charge in [-0.3, -0.25) is 0 Å². The fourth-order valence-electron chi connectivity index (χ4n) is 3.88. The molecule has 0 saturated carbocycles. The van der Waals surface area contributed by atoms with E-state index in [1.807, 2.05) is 6.92 Å². The summed E-state index contributed by atoms with van der Waals surface area (Å²) in [5.41, 5.74) is 1.07. The lowest BCUT2D eigenvalue weighted by atomic mass is 10.0. The van der Waals surface area contributed by atoms with Crippen LogP contribution in [0.4, 0.5) is 5.69 Å². The highest BCUT2D eigenvalue weighted by Gasteiger charge is 2.32. The van der Waals surface area contributed by atoms with Crippen molar-refractivity contribution in [1.29, 1.82) is 0 Å². The second-order valence-electron chi connectivity index (χ2n) is 7.23. The van der Waals surface area contributed by atoms with E-state index in [1.165, 1.54) is 6.07 Å². The fourth-order valence-corrected chi connectivity index (χ4v) is 6.82. The van der Waals surface area contributed by atoms with E-state index in [2.05, 4.69) is 9.71 Å². The summed E-state index contributed by atoms with van der Waals surface area (Å²) in [7, 11) is -7.26. The molecule has 0 bridgehead atoms. The molecule has 1 fully saturated rings. The molecule has 0 aliphatic carbocycles. The van der Waals surface area contributed by atoms with Crippen LogP contribution >= 0.6 is 0 Å². The van der Waals surface area contributed by atoms with Gasteiger partial charge in [-0.25, -0.2) is 8.42 Å². The maximum atomic E-state index is 13.1. The average Bonchev–Trinajstić information content (AvgIpc) is 2.98. The largest absolute Gasteiger partial charge is 0.339 e. The molecule has 4 rings (SSSR count). The summed E-state index contributed by atoms with van der Waals surface area (Å²) in [6.45, 7) is 2.56. The van der Waals surface area contributed by atoms with Crippen molar-refractivity contribution in [2.24, 2.45) is 4.40 Å². The van der Waals surface area contributed by atoms with Crippen LogP contribution in [0.25, 0.3) is 0 Å². The molecule has 0 radical (unpaired) electrons. The minimum Gasteiger partial charge on any atom is -0.339 e. The first-order valence-electron chi connectivity index (χ1n) is 9.66. The number of piperidine rings is 1. The number of amidine groups is 1. The van der Waals surface area contributed by atoms with Crippen LogP contribution in [0.1, 0.15) is 38.2 Å². The number of benzene rings is 2. The molecule has 0 amide bonds. The molecule has 0 aromatic heterocycles. The van der Waals surface area contributed by atoms with Crippen LogP contribution in [0.5, 0.6) is 0 Å². The van der Waals surface area contributed by atoms with Crippen molar-refractivity contribution in [3.63, 3.8) is 0 Å². The zero-order valence-corrected chi connectivity index (χ0v) is 17.7. The van der Waals surface area contributed by atoms with Crippen LogP contribution in [0.15, 0.2) is 62.7 Å². The van der Waals surface area contributed by atoms with Gasteiger partial charge < -0.3 is 5.32 Å². The minimum absolute atomic E-state index is 0.0427. The molecule has 9 heteroatoms. The molecule has 1 unspecified atom stereocenters. The maximum absolute atomic E-state index is 13.1. The van der Waals surface area contributed by atoms with Gasteiger partial charge in [0, 0.05) is 23.8 Å². The van der Waals surface area contributed by atoms with Crippen molar-refractivity contribution in [2.45, 2.75) is 48.4 Å². The number of nitrogens with one attached hydrogen (secondary N) is 1. The summed E-state index contributed by atoms with van der Waals surface area (Å²) < 4.78 is 55.9. The molecule has 2 aromatic rings. The molecule has 7 nitrogen and oxygen atoms in total. The highest BCUT2D eigenvalue weighted by molar-refractivity contribution is 7.90. The van der Waals surface area contributed by atoms with Gasteiger partial charge in [-0.2, -0.15) is 12.7 Å². The molecule has 2 aliphatic rings. The molecule has 1 N–H and O–H groups in total. The molecule has 2 aromatic carbocycles. The first kappa shape index (κ1) is 20.1. The molecule has 29 heavy (non-hydrogen) atoms. The van der Waals surface area contributed by atoms with Gasteiger partial charge in [-0.05, 0) is 55.7 Å². The Labute approximate surface area is 171 Å². The lowest BCUT2D eigenvalue weighted by Crippen LogP contribution is -2.43. The van der Waals surface area contributed by atoms with Crippen LogP contribution in [0.2, 0.25) is 0 Å². The Kier molecular flexibility index (Phi) is 5.22. The van der Waals surface area contributed by atoms with Gasteiger partial charge in [0.05, 0.1) is 4.90 Å².